The van der Waals surface area contributed by atoms with Crippen molar-refractivity contribution in [1.82, 2.24) is 9.55 Å². The van der Waals surface area contributed by atoms with Gasteiger partial charge in [0, 0.05) is 31.0 Å². The van der Waals surface area contributed by atoms with E-state index < -0.39 is 0 Å². The van der Waals surface area contributed by atoms with Crippen molar-refractivity contribution in [2.24, 2.45) is 4.99 Å². The Kier molecular flexibility index (Phi) is 5.17. The number of allylic oxidation sites excluding steroid dienone is 1. The summed E-state index contributed by atoms with van der Waals surface area (Å²) in [4.78, 5) is 13.1. The summed E-state index contributed by atoms with van der Waals surface area (Å²) in [6.07, 6.45) is 5.79. The molecule has 0 N–H and O–H groups in total. The largest absolute Gasteiger partial charge is 0.378 e. The zero-order valence-electron chi connectivity index (χ0n) is 16.6. The molecule has 1 saturated heterocycles. The number of aliphatic imine (C=N–C) groups is 1. The van der Waals surface area contributed by atoms with E-state index in [-0.39, 0.29) is 5.82 Å². The van der Waals surface area contributed by atoms with Gasteiger partial charge >= 0.3 is 0 Å². The van der Waals surface area contributed by atoms with Crippen LogP contribution < -0.4 is 9.80 Å². The number of ether oxygens (including phenoxy) is 1. The third-order valence-corrected chi connectivity index (χ3v) is 5.18. The molecule has 0 amide bonds. The second-order valence-corrected chi connectivity index (χ2v) is 7.36. The molecule has 0 spiro atoms. The van der Waals surface area contributed by atoms with E-state index in [0.717, 1.165) is 36.0 Å². The molecule has 0 aliphatic carbocycles. The molecule has 3 heterocycles. The van der Waals surface area contributed by atoms with Crippen molar-refractivity contribution in [3.8, 4) is 0 Å². The van der Waals surface area contributed by atoms with E-state index in [1.54, 1.807) is 6.07 Å². The van der Waals surface area contributed by atoms with Crippen molar-refractivity contribution in [3.05, 3.63) is 54.0 Å². The van der Waals surface area contributed by atoms with Gasteiger partial charge in [0.2, 0.25) is 0 Å². The summed E-state index contributed by atoms with van der Waals surface area (Å²) >= 11 is 0. The third-order valence-electron chi connectivity index (χ3n) is 5.18. The lowest BCUT2D eigenvalue weighted by molar-refractivity contribution is 0.122. The SMILES string of the molecule is Cc1ncc(C2=NCN(c3ccc(N4CCOCC4)c(F)c3)C=C2)n1C(C)C. The molecule has 1 fully saturated rings. The minimum absolute atomic E-state index is 0.212. The number of hydrogen-bond acceptors (Lipinski definition) is 5. The van der Waals surface area contributed by atoms with Gasteiger partial charge in [-0.25, -0.2) is 9.37 Å². The summed E-state index contributed by atoms with van der Waals surface area (Å²) in [6, 6.07) is 5.69. The van der Waals surface area contributed by atoms with Crippen molar-refractivity contribution in [1.29, 1.82) is 0 Å². The van der Waals surface area contributed by atoms with Crippen LogP contribution in [0.1, 0.15) is 31.4 Å². The van der Waals surface area contributed by atoms with Crippen molar-refractivity contribution in [2.45, 2.75) is 26.8 Å². The van der Waals surface area contributed by atoms with E-state index in [0.29, 0.717) is 31.6 Å². The first-order chi connectivity index (χ1) is 13.5. The Morgan fingerprint density at radius 3 is 2.61 bits per heavy atom. The molecule has 0 bridgehead atoms. The Labute approximate surface area is 164 Å². The van der Waals surface area contributed by atoms with E-state index >= 15 is 0 Å². The number of hydrogen-bond donors (Lipinski definition) is 0. The standard InChI is InChI=1S/C21H26FN5O/c1-15(2)27-16(3)23-13-21(27)19-6-7-26(14-24-19)17-4-5-20(18(22)12-17)25-8-10-28-11-9-25/h4-7,12-13,15H,8-11,14H2,1-3H3. The highest BCUT2D eigenvalue weighted by Gasteiger charge is 2.19. The highest BCUT2D eigenvalue weighted by Crippen LogP contribution is 2.27. The van der Waals surface area contributed by atoms with Gasteiger partial charge in [-0.1, -0.05) is 0 Å². The minimum Gasteiger partial charge on any atom is -0.378 e. The predicted octanol–water partition coefficient (Wildman–Crippen LogP) is 3.53. The Morgan fingerprint density at radius 2 is 1.96 bits per heavy atom. The average molecular weight is 383 g/mol. The van der Waals surface area contributed by atoms with E-state index in [9.17, 15) is 4.39 Å². The molecule has 148 valence electrons. The lowest BCUT2D eigenvalue weighted by atomic mass is 10.2. The fourth-order valence-electron chi connectivity index (χ4n) is 3.78. The second-order valence-electron chi connectivity index (χ2n) is 7.36. The number of aryl methyl sites for hydroxylation is 1. The van der Waals surface area contributed by atoms with Crippen LogP contribution in [0.5, 0.6) is 0 Å². The van der Waals surface area contributed by atoms with E-state index in [1.807, 2.05) is 47.3 Å². The maximum absolute atomic E-state index is 14.7. The minimum atomic E-state index is -0.212. The average Bonchev–Trinajstić information content (AvgIpc) is 3.10. The molecule has 28 heavy (non-hydrogen) atoms. The Balaban J connectivity index is 1.51. The summed E-state index contributed by atoms with van der Waals surface area (Å²) in [5.74, 6) is 0.764. The fourth-order valence-corrected chi connectivity index (χ4v) is 3.78. The van der Waals surface area contributed by atoms with E-state index in [1.165, 1.54) is 0 Å². The first-order valence-corrected chi connectivity index (χ1v) is 9.70. The molecule has 0 atom stereocenters. The molecular formula is C21H26FN5O. The normalized spacial score (nSPS) is 17.4. The van der Waals surface area contributed by atoms with Gasteiger partial charge in [0.25, 0.3) is 0 Å². The van der Waals surface area contributed by atoms with Crippen LogP contribution in [0.2, 0.25) is 0 Å². The molecule has 0 radical (unpaired) electrons. The van der Waals surface area contributed by atoms with Crippen LogP contribution in [0.25, 0.3) is 0 Å². The van der Waals surface area contributed by atoms with Crippen molar-refractivity contribution < 1.29 is 9.13 Å². The molecule has 7 heteroatoms. The Hall–Kier alpha value is -2.67. The number of aromatic nitrogens is 2. The van der Waals surface area contributed by atoms with Crippen LogP contribution in [0.3, 0.4) is 0 Å². The number of rotatable bonds is 4. The van der Waals surface area contributed by atoms with Crippen molar-refractivity contribution in [2.75, 3.05) is 42.8 Å². The van der Waals surface area contributed by atoms with Gasteiger partial charge in [-0.3, -0.25) is 4.99 Å². The maximum atomic E-state index is 14.7. The first kappa shape index (κ1) is 18.7. The van der Waals surface area contributed by atoms with Crippen LogP contribution in [0.15, 0.2) is 41.7 Å². The topological polar surface area (TPSA) is 45.9 Å². The number of halogens is 1. The lowest BCUT2D eigenvalue weighted by Crippen LogP contribution is -2.36. The van der Waals surface area contributed by atoms with Gasteiger partial charge in [0.1, 0.15) is 18.3 Å². The van der Waals surface area contributed by atoms with Crippen LogP contribution in [0.4, 0.5) is 15.8 Å². The molecule has 0 unspecified atom stereocenters. The van der Waals surface area contributed by atoms with Crippen LogP contribution >= 0.6 is 0 Å². The van der Waals surface area contributed by atoms with Gasteiger partial charge in [-0.05, 0) is 45.0 Å². The van der Waals surface area contributed by atoms with Gasteiger partial charge in [-0.2, -0.15) is 0 Å². The summed E-state index contributed by atoms with van der Waals surface area (Å²) in [5, 5.41) is 0. The van der Waals surface area contributed by atoms with Gasteiger partial charge in [0.15, 0.2) is 0 Å². The second kappa shape index (κ2) is 7.75. The highest BCUT2D eigenvalue weighted by atomic mass is 19.1. The van der Waals surface area contributed by atoms with Crippen molar-refractivity contribution >= 4 is 17.1 Å². The Bertz CT molecular complexity index is 912. The van der Waals surface area contributed by atoms with Gasteiger partial charge in [0.05, 0.1) is 36.5 Å². The zero-order chi connectivity index (χ0) is 19.7. The predicted molar refractivity (Wildman–Crippen MR) is 110 cm³/mol. The molecule has 0 saturated carbocycles. The molecule has 1 aromatic heterocycles. The van der Waals surface area contributed by atoms with E-state index in [4.69, 9.17) is 9.73 Å². The third kappa shape index (κ3) is 3.54. The number of anilines is 2. The molecule has 6 nitrogen and oxygen atoms in total. The lowest BCUT2D eigenvalue weighted by Gasteiger charge is -2.30. The number of morpholine rings is 1. The monoisotopic (exact) mass is 383 g/mol. The van der Waals surface area contributed by atoms with Gasteiger partial charge in [-0.15, -0.1) is 0 Å². The number of imidazole rings is 1. The smallest absolute Gasteiger partial charge is 0.148 e. The van der Waals surface area contributed by atoms with Crippen molar-refractivity contribution in [3.63, 3.8) is 0 Å². The Morgan fingerprint density at radius 1 is 1.18 bits per heavy atom. The summed E-state index contributed by atoms with van der Waals surface area (Å²) in [6.45, 7) is 9.44. The zero-order valence-corrected chi connectivity index (χ0v) is 16.6. The quantitative estimate of drug-likeness (QED) is 0.810. The van der Waals surface area contributed by atoms with Gasteiger partial charge < -0.3 is 19.1 Å². The molecule has 2 aliphatic rings. The van der Waals surface area contributed by atoms with Crippen LogP contribution in [-0.4, -0.2) is 48.2 Å². The molecule has 1 aromatic carbocycles. The highest BCUT2D eigenvalue weighted by molar-refractivity contribution is 6.08. The molecular weight excluding hydrogens is 357 g/mol. The summed E-state index contributed by atoms with van der Waals surface area (Å²) in [5.41, 5.74) is 3.34. The fraction of sp³-hybridized carbons (Fsp3) is 0.429. The molecule has 4 rings (SSSR count). The maximum Gasteiger partial charge on any atom is 0.148 e. The van der Waals surface area contributed by atoms with E-state index in [2.05, 4.69) is 23.4 Å². The summed E-state index contributed by atoms with van der Waals surface area (Å²) < 4.78 is 22.2. The number of nitrogens with zero attached hydrogens (tertiary/aromatic N) is 5. The molecule has 2 aliphatic heterocycles. The molecule has 2 aromatic rings. The summed E-state index contributed by atoms with van der Waals surface area (Å²) in [7, 11) is 0. The first-order valence-electron chi connectivity index (χ1n) is 9.70. The van der Waals surface area contributed by atoms with Crippen LogP contribution in [0, 0.1) is 12.7 Å². The van der Waals surface area contributed by atoms with Crippen LogP contribution in [-0.2, 0) is 4.74 Å². The number of benzene rings is 1.